The quantitative estimate of drug-likeness (QED) is 0.522. The first-order valence-corrected chi connectivity index (χ1v) is 10.8. The van der Waals surface area contributed by atoms with Crippen LogP contribution in [0.1, 0.15) is 36.2 Å². The lowest BCUT2D eigenvalue weighted by Gasteiger charge is -2.30. The molecule has 7 nitrogen and oxygen atoms in total. The van der Waals surface area contributed by atoms with E-state index in [1.165, 1.54) is 23.5 Å². The number of benzene rings is 1. The highest BCUT2D eigenvalue weighted by Gasteiger charge is 2.25. The van der Waals surface area contributed by atoms with Crippen LogP contribution in [0.2, 0.25) is 0 Å². The number of hydrogen-bond donors (Lipinski definition) is 2. The van der Waals surface area contributed by atoms with Gasteiger partial charge in [0.1, 0.15) is 22.2 Å². The number of hydrogen-bond acceptors (Lipinski definition) is 6. The number of aromatic amines is 2. The Morgan fingerprint density at radius 1 is 1.27 bits per heavy atom. The van der Waals surface area contributed by atoms with Crippen molar-refractivity contribution in [3.63, 3.8) is 0 Å². The predicted molar refractivity (Wildman–Crippen MR) is 114 cm³/mol. The summed E-state index contributed by atoms with van der Waals surface area (Å²) in [5.74, 6) is 2.34. The third kappa shape index (κ3) is 3.78. The molecule has 1 aliphatic rings. The number of H-pyrrole nitrogens is 2. The summed E-state index contributed by atoms with van der Waals surface area (Å²) in [6.45, 7) is 4.27. The molecule has 4 heterocycles. The fourth-order valence-corrected chi connectivity index (χ4v) is 4.98. The molecule has 1 unspecified atom stereocenters. The number of aromatic nitrogens is 5. The highest BCUT2D eigenvalue weighted by atomic mass is 32.1. The molecule has 4 aromatic rings. The van der Waals surface area contributed by atoms with E-state index in [1.807, 2.05) is 13.0 Å². The Balaban J connectivity index is 1.38. The number of halogens is 1. The van der Waals surface area contributed by atoms with Crippen molar-refractivity contribution in [3.05, 3.63) is 64.0 Å². The average Bonchev–Trinajstić information content (AvgIpc) is 3.35. The molecule has 0 radical (unpaired) electrons. The van der Waals surface area contributed by atoms with Gasteiger partial charge in [0.05, 0.1) is 12.1 Å². The molecule has 1 aliphatic heterocycles. The fraction of sp³-hybridized carbons (Fsp3) is 0.333. The Bertz CT molecular complexity index is 1240. The lowest BCUT2D eigenvalue weighted by Crippen LogP contribution is -2.35. The maximum Gasteiger partial charge on any atom is 0.268 e. The summed E-state index contributed by atoms with van der Waals surface area (Å²) in [6, 6.07) is 8.18. The average molecular weight is 425 g/mol. The van der Waals surface area contributed by atoms with E-state index in [0.29, 0.717) is 22.6 Å². The number of aryl methyl sites for hydroxylation is 1. The second kappa shape index (κ2) is 7.73. The zero-order valence-corrected chi connectivity index (χ0v) is 17.3. The second-order valence-corrected chi connectivity index (χ2v) is 8.75. The largest absolute Gasteiger partial charge is 0.308 e. The summed E-state index contributed by atoms with van der Waals surface area (Å²) in [6.07, 6.45) is 2.11. The first-order chi connectivity index (χ1) is 14.5. The third-order valence-corrected chi connectivity index (χ3v) is 6.59. The third-order valence-electron chi connectivity index (χ3n) is 5.42. The molecule has 1 atom stereocenters. The molecule has 0 aliphatic carbocycles. The Labute approximate surface area is 176 Å². The molecular weight excluding hydrogens is 403 g/mol. The predicted octanol–water partition coefficient (Wildman–Crippen LogP) is 3.60. The van der Waals surface area contributed by atoms with E-state index in [0.717, 1.165) is 48.0 Å². The molecule has 9 heteroatoms. The lowest BCUT2D eigenvalue weighted by molar-refractivity contribution is 0.192. The van der Waals surface area contributed by atoms with Crippen LogP contribution >= 0.6 is 11.3 Å². The van der Waals surface area contributed by atoms with Gasteiger partial charge in [0.15, 0.2) is 5.82 Å². The van der Waals surface area contributed by atoms with Crippen molar-refractivity contribution in [1.82, 2.24) is 30.0 Å². The maximum atomic E-state index is 13.2. The Kier molecular flexibility index (Phi) is 4.92. The summed E-state index contributed by atoms with van der Waals surface area (Å²) in [4.78, 5) is 27.9. The number of fused-ring (bicyclic) bond motifs is 1. The standard InChI is InChI=1S/C21H21FN6OS/c1-12-23-20(27-26-12)14-3-2-8-28(10-14)11-18-24-16-9-17(30-19(16)21(29)25-18)13-4-6-15(22)7-5-13/h4-7,9,14H,2-3,8,10-11H2,1H3,(H,23,26,27)(H,24,25,29). The minimum absolute atomic E-state index is 0.133. The highest BCUT2D eigenvalue weighted by molar-refractivity contribution is 7.22. The first kappa shape index (κ1) is 19.1. The van der Waals surface area contributed by atoms with Gasteiger partial charge in [0.2, 0.25) is 0 Å². The van der Waals surface area contributed by atoms with E-state index in [2.05, 4.69) is 25.1 Å². The van der Waals surface area contributed by atoms with E-state index in [1.54, 1.807) is 12.1 Å². The summed E-state index contributed by atoms with van der Waals surface area (Å²) < 4.78 is 13.8. The van der Waals surface area contributed by atoms with Crippen LogP contribution in [0.25, 0.3) is 20.7 Å². The number of nitrogens with one attached hydrogen (secondary N) is 2. The topological polar surface area (TPSA) is 90.6 Å². The van der Waals surface area contributed by atoms with Gasteiger partial charge >= 0.3 is 0 Å². The van der Waals surface area contributed by atoms with Gasteiger partial charge in [-0.1, -0.05) is 12.1 Å². The number of rotatable bonds is 4. The molecule has 3 aromatic heterocycles. The van der Waals surface area contributed by atoms with E-state index >= 15 is 0 Å². The van der Waals surface area contributed by atoms with Gasteiger partial charge in [-0.3, -0.25) is 14.8 Å². The Hall–Kier alpha value is -2.91. The molecule has 1 aromatic carbocycles. The first-order valence-electron chi connectivity index (χ1n) is 9.95. The lowest BCUT2D eigenvalue weighted by atomic mass is 9.97. The second-order valence-electron chi connectivity index (χ2n) is 7.70. The van der Waals surface area contributed by atoms with Crippen molar-refractivity contribution in [1.29, 1.82) is 0 Å². The SMILES string of the molecule is Cc1nc(C2CCCN(Cc3nc4cc(-c5ccc(F)cc5)sc4c(=O)[nH]3)C2)n[nH]1. The van der Waals surface area contributed by atoms with Crippen molar-refractivity contribution in [3.8, 4) is 10.4 Å². The highest BCUT2D eigenvalue weighted by Crippen LogP contribution is 2.31. The molecule has 0 saturated carbocycles. The number of thiophene rings is 1. The van der Waals surface area contributed by atoms with Crippen LogP contribution in [0.4, 0.5) is 4.39 Å². The minimum atomic E-state index is -0.279. The molecular formula is C21H21FN6OS. The van der Waals surface area contributed by atoms with Gasteiger partial charge in [-0.05, 0) is 50.1 Å². The molecule has 0 amide bonds. The van der Waals surface area contributed by atoms with Crippen LogP contribution in [0, 0.1) is 12.7 Å². The van der Waals surface area contributed by atoms with Gasteiger partial charge in [-0.2, -0.15) is 5.10 Å². The van der Waals surface area contributed by atoms with Crippen molar-refractivity contribution < 1.29 is 4.39 Å². The molecule has 0 spiro atoms. The monoisotopic (exact) mass is 424 g/mol. The van der Waals surface area contributed by atoms with Crippen LogP contribution in [0.3, 0.4) is 0 Å². The van der Waals surface area contributed by atoms with Gasteiger partial charge in [0.25, 0.3) is 5.56 Å². The van der Waals surface area contributed by atoms with Gasteiger partial charge in [0, 0.05) is 17.3 Å². The molecule has 2 N–H and O–H groups in total. The maximum absolute atomic E-state index is 13.2. The number of likely N-dealkylation sites (tertiary alicyclic amines) is 1. The summed E-state index contributed by atoms with van der Waals surface area (Å²) in [5, 5.41) is 7.23. The normalized spacial score (nSPS) is 17.6. The van der Waals surface area contributed by atoms with Crippen molar-refractivity contribution in [2.24, 2.45) is 0 Å². The molecule has 5 rings (SSSR count). The minimum Gasteiger partial charge on any atom is -0.308 e. The van der Waals surface area contributed by atoms with Gasteiger partial charge < -0.3 is 4.98 Å². The van der Waals surface area contributed by atoms with Crippen LogP contribution in [-0.4, -0.2) is 43.1 Å². The Morgan fingerprint density at radius 2 is 2.10 bits per heavy atom. The summed E-state index contributed by atoms with van der Waals surface area (Å²) >= 11 is 1.38. The molecule has 154 valence electrons. The zero-order chi connectivity index (χ0) is 20.7. The van der Waals surface area contributed by atoms with Crippen LogP contribution in [0.5, 0.6) is 0 Å². The van der Waals surface area contributed by atoms with E-state index < -0.39 is 0 Å². The van der Waals surface area contributed by atoms with Crippen molar-refractivity contribution in [2.75, 3.05) is 13.1 Å². The molecule has 30 heavy (non-hydrogen) atoms. The van der Waals surface area contributed by atoms with E-state index in [9.17, 15) is 9.18 Å². The van der Waals surface area contributed by atoms with E-state index in [4.69, 9.17) is 4.98 Å². The smallest absolute Gasteiger partial charge is 0.268 e. The van der Waals surface area contributed by atoms with Crippen LogP contribution in [0.15, 0.2) is 35.1 Å². The van der Waals surface area contributed by atoms with Crippen molar-refractivity contribution in [2.45, 2.75) is 32.2 Å². The molecule has 0 bridgehead atoms. The van der Waals surface area contributed by atoms with E-state index in [-0.39, 0.29) is 17.3 Å². The number of nitrogens with zero attached hydrogens (tertiary/aromatic N) is 4. The van der Waals surface area contributed by atoms with Crippen LogP contribution < -0.4 is 5.56 Å². The Morgan fingerprint density at radius 3 is 2.87 bits per heavy atom. The molecule has 1 saturated heterocycles. The number of piperidine rings is 1. The van der Waals surface area contributed by atoms with Gasteiger partial charge in [-0.25, -0.2) is 14.4 Å². The van der Waals surface area contributed by atoms with Crippen LogP contribution in [-0.2, 0) is 6.54 Å². The zero-order valence-electron chi connectivity index (χ0n) is 16.5. The fourth-order valence-electron chi connectivity index (χ4n) is 3.98. The molecule has 1 fully saturated rings. The summed E-state index contributed by atoms with van der Waals surface area (Å²) in [5.41, 5.74) is 1.42. The van der Waals surface area contributed by atoms with Gasteiger partial charge in [-0.15, -0.1) is 11.3 Å². The summed E-state index contributed by atoms with van der Waals surface area (Å²) in [7, 11) is 0. The van der Waals surface area contributed by atoms with Crippen molar-refractivity contribution >= 4 is 21.6 Å².